The van der Waals surface area contributed by atoms with E-state index in [1.165, 1.54) is 0 Å². The van der Waals surface area contributed by atoms with E-state index in [0.717, 1.165) is 31.9 Å². The first kappa shape index (κ1) is 15.0. The molecule has 4 nitrogen and oxygen atoms in total. The topological polar surface area (TPSA) is 35.6 Å². The van der Waals surface area contributed by atoms with Crippen molar-refractivity contribution in [3.8, 4) is 0 Å². The highest BCUT2D eigenvalue weighted by Gasteiger charge is 2.32. The summed E-state index contributed by atoms with van der Waals surface area (Å²) < 4.78 is 0. The quantitative estimate of drug-likeness (QED) is 0.853. The molecule has 1 aromatic carbocycles. The molecule has 1 fully saturated rings. The molecule has 1 aliphatic rings. The van der Waals surface area contributed by atoms with Gasteiger partial charge < -0.3 is 15.1 Å². The molecule has 0 bridgehead atoms. The Balaban J connectivity index is 2.10. The molecule has 0 aromatic heterocycles. The number of carbonyl (C=O) groups is 1. The number of para-hydroxylation sites is 1. The van der Waals surface area contributed by atoms with E-state index in [0.29, 0.717) is 5.92 Å². The molecule has 1 N–H and O–H groups in total. The number of carbonyl (C=O) groups excluding carboxylic acids is 1. The van der Waals surface area contributed by atoms with Gasteiger partial charge in [-0.3, -0.25) is 4.79 Å². The summed E-state index contributed by atoms with van der Waals surface area (Å²) in [5.74, 6) is 0.802. The number of nitrogens with zero attached hydrogens (tertiary/aromatic N) is 2. The third-order valence-corrected chi connectivity index (χ3v) is 4.01. The van der Waals surface area contributed by atoms with Crippen molar-refractivity contribution in [3.05, 3.63) is 30.3 Å². The van der Waals surface area contributed by atoms with Crippen LogP contribution in [0.4, 0.5) is 5.69 Å². The molecule has 1 amide bonds. The lowest BCUT2D eigenvalue weighted by Gasteiger charge is -2.35. The highest BCUT2D eigenvalue weighted by atomic mass is 16.2. The van der Waals surface area contributed by atoms with Crippen LogP contribution in [0.2, 0.25) is 0 Å². The fourth-order valence-corrected chi connectivity index (χ4v) is 2.39. The van der Waals surface area contributed by atoms with Gasteiger partial charge in [-0.25, -0.2) is 0 Å². The van der Waals surface area contributed by atoms with Crippen LogP contribution in [0.25, 0.3) is 0 Å². The molecule has 1 saturated heterocycles. The number of likely N-dealkylation sites (N-methyl/N-ethyl adjacent to an activating group) is 1. The molecule has 1 atom stereocenters. The first-order chi connectivity index (χ1) is 9.59. The maximum absolute atomic E-state index is 12.8. The lowest BCUT2D eigenvalue weighted by atomic mass is 9.88. The zero-order valence-electron chi connectivity index (χ0n) is 12.7. The van der Waals surface area contributed by atoms with E-state index >= 15 is 0 Å². The third kappa shape index (κ3) is 3.58. The minimum Gasteiger partial charge on any atom is -0.316 e. The van der Waals surface area contributed by atoms with Gasteiger partial charge in [-0.1, -0.05) is 25.1 Å². The van der Waals surface area contributed by atoms with Crippen molar-refractivity contribution in [2.45, 2.75) is 6.92 Å². The minimum atomic E-state index is 0.0821. The predicted molar refractivity (Wildman–Crippen MR) is 82.9 cm³/mol. The number of nitrogens with one attached hydrogen (secondary N) is 1. The zero-order valence-corrected chi connectivity index (χ0v) is 12.7. The van der Waals surface area contributed by atoms with Crippen molar-refractivity contribution in [1.82, 2.24) is 10.2 Å². The van der Waals surface area contributed by atoms with Crippen molar-refractivity contribution >= 4 is 11.6 Å². The Labute approximate surface area is 121 Å². The number of hydrogen-bond acceptors (Lipinski definition) is 3. The third-order valence-electron chi connectivity index (χ3n) is 4.01. The molecule has 1 heterocycles. The lowest BCUT2D eigenvalue weighted by Crippen LogP contribution is -2.51. The molecule has 4 heteroatoms. The Hall–Kier alpha value is -1.39. The highest BCUT2D eigenvalue weighted by Crippen LogP contribution is 2.22. The van der Waals surface area contributed by atoms with Crippen LogP contribution in [0.15, 0.2) is 30.3 Å². The average Bonchev–Trinajstić information content (AvgIpc) is 2.37. The van der Waals surface area contributed by atoms with E-state index < -0.39 is 0 Å². The van der Waals surface area contributed by atoms with Gasteiger partial charge in [0.15, 0.2) is 0 Å². The summed E-state index contributed by atoms with van der Waals surface area (Å²) in [6, 6.07) is 9.98. The van der Waals surface area contributed by atoms with Gasteiger partial charge in [0, 0.05) is 24.7 Å². The fraction of sp³-hybridized carbons (Fsp3) is 0.562. The first-order valence-electron chi connectivity index (χ1n) is 7.31. The van der Waals surface area contributed by atoms with Crippen LogP contribution in [-0.4, -0.2) is 51.1 Å². The summed E-state index contributed by atoms with van der Waals surface area (Å²) in [5, 5.41) is 3.25. The van der Waals surface area contributed by atoms with Gasteiger partial charge in [0.05, 0.1) is 0 Å². The molecule has 0 radical (unpaired) electrons. The van der Waals surface area contributed by atoms with Crippen molar-refractivity contribution in [3.63, 3.8) is 0 Å². The summed E-state index contributed by atoms with van der Waals surface area (Å²) in [5.41, 5.74) is 0.999. The molecular weight excluding hydrogens is 250 g/mol. The normalized spacial score (nSPS) is 16.8. The number of anilines is 1. The SMILES string of the molecule is CC(C(=O)N(CCN(C)C)c1ccccc1)C1CNC1. The number of amides is 1. The zero-order chi connectivity index (χ0) is 14.5. The maximum atomic E-state index is 12.8. The van der Waals surface area contributed by atoms with E-state index in [1.807, 2.05) is 49.3 Å². The Morgan fingerprint density at radius 2 is 1.90 bits per heavy atom. The molecule has 0 aliphatic carbocycles. The van der Waals surface area contributed by atoms with Crippen molar-refractivity contribution in [1.29, 1.82) is 0 Å². The van der Waals surface area contributed by atoms with E-state index in [1.54, 1.807) is 0 Å². The minimum absolute atomic E-state index is 0.0821. The predicted octanol–water partition coefficient (Wildman–Crippen LogP) is 1.44. The number of benzene rings is 1. The van der Waals surface area contributed by atoms with E-state index in [9.17, 15) is 4.79 Å². The van der Waals surface area contributed by atoms with Gasteiger partial charge in [-0.2, -0.15) is 0 Å². The molecule has 2 rings (SSSR count). The summed E-state index contributed by atoms with van der Waals surface area (Å²) in [4.78, 5) is 16.8. The van der Waals surface area contributed by atoms with Crippen molar-refractivity contribution in [2.24, 2.45) is 11.8 Å². The molecule has 1 aliphatic heterocycles. The second-order valence-electron chi connectivity index (χ2n) is 5.84. The summed E-state index contributed by atoms with van der Waals surface area (Å²) in [7, 11) is 4.07. The Kier molecular flexibility index (Phi) is 5.15. The van der Waals surface area contributed by atoms with Gasteiger partial charge in [0.25, 0.3) is 0 Å². The summed E-state index contributed by atoms with van der Waals surface area (Å²) in [6.07, 6.45) is 0. The highest BCUT2D eigenvalue weighted by molar-refractivity contribution is 5.95. The first-order valence-corrected chi connectivity index (χ1v) is 7.31. The Bertz CT molecular complexity index is 429. The molecule has 1 aromatic rings. The van der Waals surface area contributed by atoms with Crippen LogP contribution in [-0.2, 0) is 4.79 Å². The molecule has 1 unspecified atom stereocenters. The fourth-order valence-electron chi connectivity index (χ4n) is 2.39. The van der Waals surface area contributed by atoms with Gasteiger partial charge in [0.2, 0.25) is 5.91 Å². The van der Waals surface area contributed by atoms with Crippen LogP contribution < -0.4 is 10.2 Å². The molecule has 110 valence electrons. The van der Waals surface area contributed by atoms with Crippen LogP contribution >= 0.6 is 0 Å². The van der Waals surface area contributed by atoms with Gasteiger partial charge >= 0.3 is 0 Å². The van der Waals surface area contributed by atoms with Crippen molar-refractivity contribution < 1.29 is 4.79 Å². The van der Waals surface area contributed by atoms with Crippen LogP contribution in [0, 0.1) is 11.8 Å². The van der Waals surface area contributed by atoms with E-state index in [-0.39, 0.29) is 11.8 Å². The second-order valence-corrected chi connectivity index (χ2v) is 5.84. The number of rotatable bonds is 6. The monoisotopic (exact) mass is 275 g/mol. The lowest BCUT2D eigenvalue weighted by molar-refractivity contribution is -0.124. The second kappa shape index (κ2) is 6.86. The smallest absolute Gasteiger partial charge is 0.230 e. The Morgan fingerprint density at radius 3 is 2.40 bits per heavy atom. The summed E-state index contributed by atoms with van der Waals surface area (Å²) in [6.45, 7) is 5.59. The van der Waals surface area contributed by atoms with Gasteiger partial charge in [-0.15, -0.1) is 0 Å². The standard InChI is InChI=1S/C16H25N3O/c1-13(14-11-17-12-14)16(20)19(10-9-18(2)3)15-7-5-4-6-8-15/h4-8,13-14,17H,9-12H2,1-3H3. The molecule has 20 heavy (non-hydrogen) atoms. The largest absolute Gasteiger partial charge is 0.316 e. The molecular formula is C16H25N3O. The van der Waals surface area contributed by atoms with E-state index in [4.69, 9.17) is 0 Å². The van der Waals surface area contributed by atoms with Crippen LogP contribution in [0.5, 0.6) is 0 Å². The van der Waals surface area contributed by atoms with Gasteiger partial charge in [-0.05, 0) is 45.2 Å². The summed E-state index contributed by atoms with van der Waals surface area (Å²) >= 11 is 0. The Morgan fingerprint density at radius 1 is 1.25 bits per heavy atom. The average molecular weight is 275 g/mol. The molecule has 0 spiro atoms. The van der Waals surface area contributed by atoms with E-state index in [2.05, 4.69) is 17.1 Å². The van der Waals surface area contributed by atoms with Crippen molar-refractivity contribution in [2.75, 3.05) is 45.2 Å². The number of hydrogen-bond donors (Lipinski definition) is 1. The van der Waals surface area contributed by atoms with Gasteiger partial charge in [0.1, 0.15) is 0 Å². The van der Waals surface area contributed by atoms with Crippen LogP contribution in [0.3, 0.4) is 0 Å². The molecule has 0 saturated carbocycles. The van der Waals surface area contributed by atoms with Crippen LogP contribution in [0.1, 0.15) is 6.92 Å². The maximum Gasteiger partial charge on any atom is 0.230 e.